The minimum Gasteiger partial charge on any atom is -0.301 e. The highest BCUT2D eigenvalue weighted by Gasteiger charge is 2.35. The molecule has 10 heteroatoms. The SMILES string of the molecule is CC(C)OP(=O)(OC(C)C)/C(C=O)=N\Nc1ccc([N+](=O)[O-])cc1. The molecule has 1 aromatic rings. The number of nitrogens with zero attached hydrogens (tertiary/aromatic N) is 2. The molecule has 1 rings (SSSR count). The van der Waals surface area contributed by atoms with E-state index in [0.29, 0.717) is 12.0 Å². The van der Waals surface area contributed by atoms with Gasteiger partial charge in [-0.05, 0) is 39.8 Å². The Hall–Kier alpha value is -2.09. The highest BCUT2D eigenvalue weighted by atomic mass is 31.2. The average molecular weight is 357 g/mol. The summed E-state index contributed by atoms with van der Waals surface area (Å²) in [6.45, 7) is 6.62. The van der Waals surface area contributed by atoms with Gasteiger partial charge in [0.25, 0.3) is 5.69 Å². The fourth-order valence-corrected chi connectivity index (χ4v) is 3.30. The molecule has 0 atom stereocenters. The summed E-state index contributed by atoms with van der Waals surface area (Å²) in [6, 6.07) is 5.35. The van der Waals surface area contributed by atoms with Gasteiger partial charge in [0.15, 0.2) is 6.29 Å². The summed E-state index contributed by atoms with van der Waals surface area (Å²) in [7, 11) is -3.89. The fraction of sp³-hybridized carbons (Fsp3) is 0.429. The monoisotopic (exact) mass is 357 g/mol. The third kappa shape index (κ3) is 5.84. The van der Waals surface area contributed by atoms with Gasteiger partial charge < -0.3 is 9.05 Å². The van der Waals surface area contributed by atoms with Gasteiger partial charge >= 0.3 is 7.60 Å². The molecule has 0 amide bonds. The molecule has 1 aromatic carbocycles. The summed E-state index contributed by atoms with van der Waals surface area (Å²) in [5.41, 5.74) is 2.39. The minimum absolute atomic E-state index is 0.0860. The average Bonchev–Trinajstić information content (AvgIpc) is 2.46. The molecule has 9 nitrogen and oxygen atoms in total. The predicted octanol–water partition coefficient (Wildman–Crippen LogP) is 3.56. The number of anilines is 1. The molecule has 0 bridgehead atoms. The van der Waals surface area contributed by atoms with Crippen molar-refractivity contribution in [3.05, 3.63) is 34.4 Å². The predicted molar refractivity (Wildman–Crippen MR) is 90.3 cm³/mol. The van der Waals surface area contributed by atoms with E-state index < -0.39 is 30.2 Å². The molecule has 0 unspecified atom stereocenters. The lowest BCUT2D eigenvalue weighted by Crippen LogP contribution is -2.16. The van der Waals surface area contributed by atoms with Crippen molar-refractivity contribution in [3.8, 4) is 0 Å². The van der Waals surface area contributed by atoms with E-state index in [0.717, 1.165) is 0 Å². The van der Waals surface area contributed by atoms with Crippen molar-refractivity contribution in [2.24, 2.45) is 5.10 Å². The smallest absolute Gasteiger partial charge is 0.301 e. The Morgan fingerprint density at radius 2 is 1.71 bits per heavy atom. The van der Waals surface area contributed by atoms with E-state index in [9.17, 15) is 19.5 Å². The van der Waals surface area contributed by atoms with Gasteiger partial charge in [-0.25, -0.2) is 0 Å². The molecule has 0 heterocycles. The van der Waals surface area contributed by atoms with Gasteiger partial charge in [-0.15, -0.1) is 0 Å². The highest BCUT2D eigenvalue weighted by molar-refractivity contribution is 7.74. The van der Waals surface area contributed by atoms with E-state index in [1.807, 2.05) is 0 Å². The van der Waals surface area contributed by atoms with Crippen molar-refractivity contribution in [1.29, 1.82) is 0 Å². The molecule has 0 saturated carbocycles. The number of hydrogen-bond donors (Lipinski definition) is 1. The second-order valence-corrected chi connectivity index (χ2v) is 7.18. The standard InChI is InChI=1S/C14H20N3O6P/c1-10(2)22-24(21,23-11(3)4)14(9-18)16-15-12-5-7-13(8-6-12)17(19)20/h5-11,15H,1-4H3/b16-14-. The van der Waals surface area contributed by atoms with Gasteiger partial charge in [0, 0.05) is 12.1 Å². The normalized spacial score (nSPS) is 12.5. The molecule has 0 fully saturated rings. The van der Waals surface area contributed by atoms with E-state index >= 15 is 0 Å². The number of carbonyl (C=O) groups excluding carboxylic acids is 1. The number of hydrogen-bond acceptors (Lipinski definition) is 8. The molecule has 0 aliphatic heterocycles. The van der Waals surface area contributed by atoms with Crippen molar-refractivity contribution in [1.82, 2.24) is 0 Å². The Balaban J connectivity index is 3.03. The Morgan fingerprint density at radius 3 is 2.08 bits per heavy atom. The first-order valence-corrected chi connectivity index (χ1v) is 8.73. The molecule has 132 valence electrons. The molecule has 0 saturated heterocycles. The molecule has 0 spiro atoms. The molecule has 0 radical (unpaired) electrons. The molecule has 1 N–H and O–H groups in total. The summed E-state index contributed by atoms with van der Waals surface area (Å²) in [5.74, 6) is 0. The zero-order valence-electron chi connectivity index (χ0n) is 13.8. The van der Waals surface area contributed by atoms with Crippen LogP contribution in [0, 0.1) is 10.1 Å². The van der Waals surface area contributed by atoms with Gasteiger partial charge in [0.2, 0.25) is 5.45 Å². The van der Waals surface area contributed by atoms with Crippen LogP contribution in [0.3, 0.4) is 0 Å². The topological polar surface area (TPSA) is 120 Å². The van der Waals surface area contributed by atoms with Crippen molar-refractivity contribution < 1.29 is 23.3 Å². The van der Waals surface area contributed by atoms with Crippen LogP contribution in [0.4, 0.5) is 11.4 Å². The lowest BCUT2D eigenvalue weighted by atomic mass is 10.3. The number of non-ortho nitro benzene ring substituents is 1. The maximum absolute atomic E-state index is 12.8. The van der Waals surface area contributed by atoms with Crippen LogP contribution in [-0.2, 0) is 18.4 Å². The fourth-order valence-electron chi connectivity index (χ4n) is 1.62. The first-order valence-electron chi connectivity index (χ1n) is 7.18. The van der Waals surface area contributed by atoms with Crippen LogP contribution in [0.1, 0.15) is 27.7 Å². The lowest BCUT2D eigenvalue weighted by Gasteiger charge is -2.21. The molecule has 24 heavy (non-hydrogen) atoms. The second kappa shape index (κ2) is 8.68. The summed E-state index contributed by atoms with van der Waals surface area (Å²) >= 11 is 0. The molecular formula is C14H20N3O6P. The van der Waals surface area contributed by atoms with Crippen LogP contribution in [0.25, 0.3) is 0 Å². The number of aldehydes is 1. The van der Waals surface area contributed by atoms with E-state index in [-0.39, 0.29) is 5.69 Å². The maximum Gasteiger partial charge on any atom is 0.385 e. The maximum atomic E-state index is 12.8. The van der Waals surface area contributed by atoms with Crippen LogP contribution in [0.2, 0.25) is 0 Å². The van der Waals surface area contributed by atoms with Crippen molar-refractivity contribution in [2.75, 3.05) is 5.43 Å². The van der Waals surface area contributed by atoms with Gasteiger partial charge in [-0.1, -0.05) is 0 Å². The summed E-state index contributed by atoms with van der Waals surface area (Å²) in [5, 5.41) is 14.4. The molecule has 0 aliphatic carbocycles. The van der Waals surface area contributed by atoms with E-state index in [2.05, 4.69) is 10.5 Å². The van der Waals surface area contributed by atoms with Crippen LogP contribution < -0.4 is 5.43 Å². The molecule has 0 aliphatic rings. The summed E-state index contributed by atoms with van der Waals surface area (Å²) in [6.07, 6.45) is -0.595. The van der Waals surface area contributed by atoms with Gasteiger partial charge in [-0.3, -0.25) is 24.9 Å². The third-order valence-corrected chi connectivity index (χ3v) is 4.63. The molecular weight excluding hydrogens is 337 g/mol. The number of nitro benzene ring substituents is 1. The number of nitro groups is 1. The number of rotatable bonds is 9. The number of carbonyl (C=O) groups is 1. The lowest BCUT2D eigenvalue weighted by molar-refractivity contribution is -0.384. The van der Waals surface area contributed by atoms with E-state index in [1.54, 1.807) is 27.7 Å². The Labute approximate surface area is 139 Å². The first-order chi connectivity index (χ1) is 11.2. The first kappa shape index (κ1) is 20.0. The van der Waals surface area contributed by atoms with E-state index in [4.69, 9.17) is 9.05 Å². The number of nitrogens with one attached hydrogen (secondary N) is 1. The molecule has 0 aromatic heterocycles. The van der Waals surface area contributed by atoms with Crippen molar-refractivity contribution in [2.45, 2.75) is 39.9 Å². The third-order valence-electron chi connectivity index (χ3n) is 2.46. The number of hydrazone groups is 1. The van der Waals surface area contributed by atoms with Gasteiger partial charge in [-0.2, -0.15) is 5.10 Å². The Kier molecular flexibility index (Phi) is 7.21. The zero-order valence-corrected chi connectivity index (χ0v) is 14.7. The Bertz CT molecular complexity index is 643. The van der Waals surface area contributed by atoms with Crippen molar-refractivity contribution in [3.63, 3.8) is 0 Å². The highest BCUT2D eigenvalue weighted by Crippen LogP contribution is 2.51. The van der Waals surface area contributed by atoms with E-state index in [1.165, 1.54) is 24.3 Å². The second-order valence-electron chi connectivity index (χ2n) is 5.31. The van der Waals surface area contributed by atoms with Crippen LogP contribution in [-0.4, -0.2) is 28.9 Å². The minimum atomic E-state index is -3.89. The largest absolute Gasteiger partial charge is 0.385 e. The van der Waals surface area contributed by atoms with Crippen molar-refractivity contribution >= 4 is 30.7 Å². The Morgan fingerprint density at radius 1 is 1.21 bits per heavy atom. The van der Waals surface area contributed by atoms with Gasteiger partial charge in [0.05, 0.1) is 22.8 Å². The summed E-state index contributed by atoms with van der Waals surface area (Å²) in [4.78, 5) is 21.4. The van der Waals surface area contributed by atoms with Crippen LogP contribution >= 0.6 is 7.60 Å². The van der Waals surface area contributed by atoms with Gasteiger partial charge in [0.1, 0.15) is 0 Å². The quantitative estimate of drug-likeness (QED) is 0.236. The van der Waals surface area contributed by atoms with Crippen LogP contribution in [0.15, 0.2) is 29.4 Å². The summed E-state index contributed by atoms with van der Waals surface area (Å²) < 4.78 is 23.4. The zero-order chi connectivity index (χ0) is 18.3. The number of benzene rings is 1. The van der Waals surface area contributed by atoms with Crippen LogP contribution in [0.5, 0.6) is 0 Å².